The predicted molar refractivity (Wildman–Crippen MR) is 74.9 cm³/mol. The van der Waals surface area contributed by atoms with Crippen LogP contribution in [0.2, 0.25) is 0 Å². The van der Waals surface area contributed by atoms with E-state index in [9.17, 15) is 22.8 Å². The van der Waals surface area contributed by atoms with Crippen molar-refractivity contribution in [2.75, 3.05) is 24.7 Å². The van der Waals surface area contributed by atoms with Gasteiger partial charge in [-0.25, -0.2) is 0 Å². The van der Waals surface area contributed by atoms with Crippen LogP contribution < -0.4 is 10.1 Å². The van der Waals surface area contributed by atoms with Crippen LogP contribution in [0.5, 0.6) is 5.75 Å². The molecule has 0 spiro atoms. The summed E-state index contributed by atoms with van der Waals surface area (Å²) in [5.74, 6) is -1.96. The Morgan fingerprint density at radius 3 is 2.55 bits per heavy atom. The van der Waals surface area contributed by atoms with Gasteiger partial charge < -0.3 is 15.2 Å². The number of hydrogen-bond donors (Lipinski definition) is 2. The van der Waals surface area contributed by atoms with Crippen LogP contribution in [0.3, 0.4) is 0 Å². The van der Waals surface area contributed by atoms with E-state index in [2.05, 4.69) is 5.32 Å². The largest absolute Gasteiger partial charge is 0.491 e. The number of para-hydroxylation sites is 1. The van der Waals surface area contributed by atoms with E-state index in [0.29, 0.717) is 0 Å². The summed E-state index contributed by atoms with van der Waals surface area (Å²) in [6.07, 6.45) is -4.51. The second-order valence-corrected chi connectivity index (χ2v) is 5.06. The highest BCUT2D eigenvalue weighted by molar-refractivity contribution is 8.00. The Morgan fingerprint density at radius 2 is 1.91 bits per heavy atom. The zero-order chi connectivity index (χ0) is 16.6. The van der Waals surface area contributed by atoms with Crippen LogP contribution in [0, 0.1) is 0 Å². The van der Waals surface area contributed by atoms with Crippen molar-refractivity contribution >= 4 is 23.6 Å². The normalized spacial score (nSPS) is 11.0. The van der Waals surface area contributed by atoms with Gasteiger partial charge in [0.1, 0.15) is 12.4 Å². The summed E-state index contributed by atoms with van der Waals surface area (Å²) in [4.78, 5) is 21.5. The molecule has 5 nitrogen and oxygen atoms in total. The van der Waals surface area contributed by atoms with Gasteiger partial charge in [-0.3, -0.25) is 9.59 Å². The van der Waals surface area contributed by atoms with Crippen molar-refractivity contribution < 1.29 is 32.6 Å². The molecule has 1 rings (SSSR count). The van der Waals surface area contributed by atoms with E-state index < -0.39 is 23.6 Å². The first-order chi connectivity index (χ1) is 10.3. The molecular formula is C13H14F3NO4S. The fraction of sp³-hybridized carbons (Fsp3) is 0.385. The minimum Gasteiger partial charge on any atom is -0.491 e. The topological polar surface area (TPSA) is 75.6 Å². The quantitative estimate of drug-likeness (QED) is 0.710. The number of ether oxygens (including phenoxy) is 1. The van der Waals surface area contributed by atoms with Gasteiger partial charge in [0.05, 0.1) is 23.6 Å². The maximum atomic E-state index is 12.7. The van der Waals surface area contributed by atoms with Crippen LogP contribution in [0.4, 0.5) is 13.2 Å². The van der Waals surface area contributed by atoms with Crippen LogP contribution in [-0.2, 0) is 15.8 Å². The number of carboxylic acid groups (broad SMARTS) is 1. The molecule has 9 heteroatoms. The lowest BCUT2D eigenvalue weighted by atomic mass is 10.2. The average molecular weight is 337 g/mol. The summed E-state index contributed by atoms with van der Waals surface area (Å²) in [5, 5.41) is 10.8. The van der Waals surface area contributed by atoms with Gasteiger partial charge in [0.25, 0.3) is 0 Å². The SMILES string of the molecule is O=C(O)CSCC(=O)NCCOc1ccccc1C(F)(F)F. The highest BCUT2D eigenvalue weighted by Crippen LogP contribution is 2.35. The van der Waals surface area contributed by atoms with E-state index in [1.54, 1.807) is 0 Å². The molecule has 0 aromatic heterocycles. The monoisotopic (exact) mass is 337 g/mol. The van der Waals surface area contributed by atoms with E-state index in [1.165, 1.54) is 18.2 Å². The van der Waals surface area contributed by atoms with Gasteiger partial charge in [-0.05, 0) is 12.1 Å². The molecule has 1 amide bonds. The van der Waals surface area contributed by atoms with Gasteiger partial charge in [0.15, 0.2) is 0 Å². The molecule has 0 aliphatic carbocycles. The lowest BCUT2D eigenvalue weighted by molar-refractivity contribution is -0.139. The molecule has 0 radical (unpaired) electrons. The van der Waals surface area contributed by atoms with Crippen LogP contribution in [0.1, 0.15) is 5.56 Å². The average Bonchev–Trinajstić information content (AvgIpc) is 2.42. The second-order valence-electron chi connectivity index (χ2n) is 4.08. The number of nitrogens with one attached hydrogen (secondary N) is 1. The molecule has 0 heterocycles. The Bertz CT molecular complexity index is 522. The standard InChI is InChI=1S/C13H14F3NO4S/c14-13(15,16)9-3-1-2-4-10(9)21-6-5-17-11(18)7-22-8-12(19)20/h1-4H,5-8H2,(H,17,18)(H,19,20). The minimum atomic E-state index is -4.51. The third-order valence-corrected chi connectivity index (χ3v) is 3.25. The van der Waals surface area contributed by atoms with E-state index in [-0.39, 0.29) is 30.4 Å². The Balaban J connectivity index is 2.33. The predicted octanol–water partition coefficient (Wildman–Crippen LogP) is 2.02. The first-order valence-electron chi connectivity index (χ1n) is 6.16. The molecule has 0 atom stereocenters. The maximum Gasteiger partial charge on any atom is 0.419 e. The summed E-state index contributed by atoms with van der Waals surface area (Å²) >= 11 is 0.929. The van der Waals surface area contributed by atoms with Gasteiger partial charge in [0, 0.05) is 0 Å². The van der Waals surface area contributed by atoms with Gasteiger partial charge in [-0.1, -0.05) is 12.1 Å². The molecule has 0 fully saturated rings. The van der Waals surface area contributed by atoms with Crippen molar-refractivity contribution in [2.24, 2.45) is 0 Å². The molecular weight excluding hydrogens is 323 g/mol. The number of benzene rings is 1. The Kier molecular flexibility index (Phi) is 7.03. The van der Waals surface area contributed by atoms with Crippen molar-refractivity contribution in [3.05, 3.63) is 29.8 Å². The molecule has 0 aliphatic rings. The highest BCUT2D eigenvalue weighted by atomic mass is 32.2. The third-order valence-electron chi connectivity index (χ3n) is 2.33. The number of thioether (sulfide) groups is 1. The zero-order valence-electron chi connectivity index (χ0n) is 11.4. The van der Waals surface area contributed by atoms with Crippen molar-refractivity contribution in [3.63, 3.8) is 0 Å². The molecule has 1 aromatic carbocycles. The van der Waals surface area contributed by atoms with E-state index in [0.717, 1.165) is 17.8 Å². The molecule has 0 aliphatic heterocycles. The number of alkyl halides is 3. The maximum absolute atomic E-state index is 12.7. The lowest BCUT2D eigenvalue weighted by Crippen LogP contribution is -2.30. The van der Waals surface area contributed by atoms with E-state index >= 15 is 0 Å². The fourth-order valence-corrected chi connectivity index (χ4v) is 2.02. The third kappa shape index (κ3) is 6.70. The van der Waals surface area contributed by atoms with Gasteiger partial charge >= 0.3 is 12.1 Å². The van der Waals surface area contributed by atoms with Crippen molar-refractivity contribution in [3.8, 4) is 5.75 Å². The Labute approximate surface area is 128 Å². The Morgan fingerprint density at radius 1 is 1.23 bits per heavy atom. The number of hydrogen-bond acceptors (Lipinski definition) is 4. The fourth-order valence-electron chi connectivity index (χ4n) is 1.46. The number of carbonyl (C=O) groups excluding carboxylic acids is 1. The number of carbonyl (C=O) groups is 2. The summed E-state index contributed by atoms with van der Waals surface area (Å²) in [6.45, 7) is -0.0961. The molecule has 0 saturated heterocycles. The van der Waals surface area contributed by atoms with Crippen molar-refractivity contribution in [2.45, 2.75) is 6.18 Å². The van der Waals surface area contributed by atoms with E-state index in [4.69, 9.17) is 9.84 Å². The zero-order valence-corrected chi connectivity index (χ0v) is 12.2. The molecule has 0 unspecified atom stereocenters. The van der Waals surface area contributed by atoms with E-state index in [1.807, 2.05) is 0 Å². The van der Waals surface area contributed by atoms with Gasteiger partial charge in [0.2, 0.25) is 5.91 Å². The van der Waals surface area contributed by atoms with Crippen LogP contribution in [-0.4, -0.2) is 41.6 Å². The summed E-state index contributed by atoms with van der Waals surface area (Å²) in [5.41, 5.74) is -0.877. The smallest absolute Gasteiger partial charge is 0.419 e. The Hall–Kier alpha value is -1.90. The number of aliphatic carboxylic acids is 1. The minimum absolute atomic E-state index is 0.0264. The number of amides is 1. The van der Waals surface area contributed by atoms with Gasteiger partial charge in [-0.15, -0.1) is 11.8 Å². The number of halogens is 3. The molecule has 122 valence electrons. The molecule has 0 bridgehead atoms. The molecule has 0 saturated carbocycles. The number of carboxylic acids is 1. The highest BCUT2D eigenvalue weighted by Gasteiger charge is 2.33. The van der Waals surface area contributed by atoms with Crippen molar-refractivity contribution in [1.29, 1.82) is 0 Å². The van der Waals surface area contributed by atoms with Crippen LogP contribution in [0.25, 0.3) is 0 Å². The summed E-state index contributed by atoms with van der Waals surface area (Å²) in [7, 11) is 0. The van der Waals surface area contributed by atoms with Crippen LogP contribution in [0.15, 0.2) is 24.3 Å². The van der Waals surface area contributed by atoms with Gasteiger partial charge in [-0.2, -0.15) is 13.2 Å². The summed E-state index contributed by atoms with van der Waals surface area (Å²) in [6, 6.07) is 4.80. The lowest BCUT2D eigenvalue weighted by Gasteiger charge is -2.13. The van der Waals surface area contributed by atoms with Crippen LogP contribution >= 0.6 is 11.8 Å². The molecule has 22 heavy (non-hydrogen) atoms. The second kappa shape index (κ2) is 8.52. The summed E-state index contributed by atoms with van der Waals surface area (Å²) < 4.78 is 43.1. The van der Waals surface area contributed by atoms with Crippen molar-refractivity contribution in [1.82, 2.24) is 5.32 Å². The molecule has 1 aromatic rings. The first kappa shape index (κ1) is 18.1. The molecule has 2 N–H and O–H groups in total. The number of rotatable bonds is 8. The first-order valence-corrected chi connectivity index (χ1v) is 7.31.